The number of aromatic nitrogens is 5. The average molecular weight is 490 g/mol. The molecule has 3 heterocycles. The third-order valence-electron chi connectivity index (χ3n) is 5.25. The second-order valence-corrected chi connectivity index (χ2v) is 8.00. The summed E-state index contributed by atoms with van der Waals surface area (Å²) in [6.07, 6.45) is 4.36. The Bertz CT molecular complexity index is 1540. The summed E-state index contributed by atoms with van der Waals surface area (Å²) < 4.78 is 13.6. The molecule has 0 aliphatic carbocycles. The minimum absolute atomic E-state index is 0.0306. The van der Waals surface area contributed by atoms with E-state index in [9.17, 15) is 14.3 Å². The summed E-state index contributed by atoms with van der Waals surface area (Å²) >= 11 is 5.89. The van der Waals surface area contributed by atoms with Crippen molar-refractivity contribution in [2.75, 3.05) is 17.3 Å². The second-order valence-electron chi connectivity index (χ2n) is 7.59. The Hall–Kier alpha value is -4.57. The topological polar surface area (TPSA) is 120 Å². The van der Waals surface area contributed by atoms with Crippen LogP contribution in [-0.4, -0.2) is 43.0 Å². The number of para-hydroxylation sites is 2. The first kappa shape index (κ1) is 22.2. The second kappa shape index (κ2) is 8.99. The van der Waals surface area contributed by atoms with Gasteiger partial charge in [0.15, 0.2) is 0 Å². The fourth-order valence-corrected chi connectivity index (χ4v) is 3.68. The molecule has 0 bridgehead atoms. The number of fused-ring (bicyclic) bond motifs is 1. The maximum atomic E-state index is 13.6. The zero-order valence-electron chi connectivity index (χ0n) is 18.2. The summed E-state index contributed by atoms with van der Waals surface area (Å²) in [7, 11) is 1.77. The number of anilines is 4. The van der Waals surface area contributed by atoms with E-state index in [0.717, 1.165) is 11.0 Å². The molecular formula is C24H17ClFN7O2. The van der Waals surface area contributed by atoms with Crippen molar-refractivity contribution in [3.8, 4) is 11.1 Å². The molecule has 35 heavy (non-hydrogen) atoms. The van der Waals surface area contributed by atoms with Gasteiger partial charge in [0, 0.05) is 42.5 Å². The summed E-state index contributed by atoms with van der Waals surface area (Å²) in [4.78, 5) is 34.2. The molecule has 174 valence electrons. The first-order chi connectivity index (χ1) is 16.9. The van der Waals surface area contributed by atoms with Crippen LogP contribution in [0, 0.1) is 5.82 Å². The third kappa shape index (κ3) is 4.46. The van der Waals surface area contributed by atoms with Crippen molar-refractivity contribution in [2.45, 2.75) is 0 Å². The molecule has 0 radical (unpaired) electrons. The van der Waals surface area contributed by atoms with Crippen LogP contribution in [0.1, 0.15) is 10.4 Å². The standard InChI is InChI=1S/C24H17ClFN7O2/c1-33(24-30-19-4-2-3-5-20(19)31-24)21-16(13-8-14(22(34)35)11-27-10-13)12-28-23(32-21)29-15-6-7-18(26)17(25)9-15/h2-12H,1H3,(H,30,31)(H,34,35)(H,28,29,32). The molecule has 0 fully saturated rings. The van der Waals surface area contributed by atoms with Gasteiger partial charge in [-0.05, 0) is 36.4 Å². The monoisotopic (exact) mass is 489 g/mol. The van der Waals surface area contributed by atoms with Gasteiger partial charge in [0.25, 0.3) is 0 Å². The molecule has 5 rings (SSSR count). The number of hydrogen-bond donors (Lipinski definition) is 3. The molecule has 0 spiro atoms. The number of carbonyl (C=O) groups is 1. The van der Waals surface area contributed by atoms with Crippen molar-refractivity contribution in [2.24, 2.45) is 0 Å². The number of nitrogens with one attached hydrogen (secondary N) is 2. The maximum Gasteiger partial charge on any atom is 0.337 e. The van der Waals surface area contributed by atoms with Gasteiger partial charge in [0.1, 0.15) is 11.6 Å². The highest BCUT2D eigenvalue weighted by atomic mass is 35.5. The summed E-state index contributed by atoms with van der Waals surface area (Å²) in [5.41, 5.74) is 3.20. The van der Waals surface area contributed by atoms with Crippen LogP contribution in [-0.2, 0) is 0 Å². The number of nitrogens with zero attached hydrogens (tertiary/aromatic N) is 5. The Morgan fingerprint density at radius 3 is 2.71 bits per heavy atom. The number of aromatic carboxylic acids is 1. The minimum Gasteiger partial charge on any atom is -0.478 e. The van der Waals surface area contributed by atoms with Gasteiger partial charge in [-0.3, -0.25) is 9.88 Å². The number of aromatic amines is 1. The molecule has 9 nitrogen and oxygen atoms in total. The number of halogens is 2. The molecule has 3 N–H and O–H groups in total. The lowest BCUT2D eigenvalue weighted by molar-refractivity contribution is 0.0696. The van der Waals surface area contributed by atoms with Crippen LogP contribution in [0.4, 0.5) is 27.8 Å². The van der Waals surface area contributed by atoms with E-state index in [2.05, 4.69) is 30.2 Å². The highest BCUT2D eigenvalue weighted by molar-refractivity contribution is 6.31. The quantitative estimate of drug-likeness (QED) is 0.289. The van der Waals surface area contributed by atoms with Crippen LogP contribution >= 0.6 is 11.6 Å². The van der Waals surface area contributed by atoms with E-state index in [1.165, 1.54) is 36.7 Å². The molecule has 0 saturated carbocycles. The molecule has 11 heteroatoms. The summed E-state index contributed by atoms with van der Waals surface area (Å²) in [5, 5.41) is 12.4. The van der Waals surface area contributed by atoms with Gasteiger partial charge in [-0.2, -0.15) is 4.98 Å². The predicted molar refractivity (Wildman–Crippen MR) is 131 cm³/mol. The minimum atomic E-state index is -1.10. The van der Waals surface area contributed by atoms with Crippen LogP contribution in [0.3, 0.4) is 0 Å². The first-order valence-corrected chi connectivity index (χ1v) is 10.7. The number of pyridine rings is 1. The van der Waals surface area contributed by atoms with Gasteiger partial charge in [-0.1, -0.05) is 23.7 Å². The fraction of sp³-hybridized carbons (Fsp3) is 0.0417. The zero-order chi connectivity index (χ0) is 24.5. The van der Waals surface area contributed by atoms with Gasteiger partial charge in [-0.15, -0.1) is 0 Å². The van der Waals surface area contributed by atoms with E-state index in [1.54, 1.807) is 18.1 Å². The van der Waals surface area contributed by atoms with E-state index in [4.69, 9.17) is 11.6 Å². The van der Waals surface area contributed by atoms with E-state index in [-0.39, 0.29) is 16.5 Å². The number of hydrogen-bond acceptors (Lipinski definition) is 7. The smallest absolute Gasteiger partial charge is 0.337 e. The van der Waals surface area contributed by atoms with Crippen molar-refractivity contribution in [3.05, 3.63) is 83.5 Å². The van der Waals surface area contributed by atoms with Gasteiger partial charge in [-0.25, -0.2) is 19.2 Å². The number of rotatable bonds is 6. The predicted octanol–water partition coefficient (Wildman–Crippen LogP) is 5.42. The van der Waals surface area contributed by atoms with Crippen LogP contribution in [0.15, 0.2) is 67.1 Å². The van der Waals surface area contributed by atoms with Gasteiger partial charge >= 0.3 is 5.97 Å². The van der Waals surface area contributed by atoms with E-state index < -0.39 is 11.8 Å². The Labute approximate surface area is 203 Å². The molecule has 0 aliphatic rings. The molecule has 0 saturated heterocycles. The van der Waals surface area contributed by atoms with Gasteiger partial charge < -0.3 is 15.4 Å². The Morgan fingerprint density at radius 2 is 1.94 bits per heavy atom. The fourth-order valence-electron chi connectivity index (χ4n) is 3.50. The van der Waals surface area contributed by atoms with Crippen molar-refractivity contribution < 1.29 is 14.3 Å². The number of imidazole rings is 1. The van der Waals surface area contributed by atoms with Crippen LogP contribution in [0.2, 0.25) is 5.02 Å². The van der Waals surface area contributed by atoms with E-state index >= 15 is 0 Å². The number of benzene rings is 2. The lowest BCUT2D eigenvalue weighted by Crippen LogP contribution is -2.15. The van der Waals surface area contributed by atoms with Crippen molar-refractivity contribution in [1.82, 2.24) is 24.9 Å². The molecule has 0 aliphatic heterocycles. The Morgan fingerprint density at radius 1 is 1.11 bits per heavy atom. The van der Waals surface area contributed by atoms with Crippen molar-refractivity contribution in [3.63, 3.8) is 0 Å². The number of carboxylic acid groups (broad SMARTS) is 1. The molecule has 0 unspecified atom stereocenters. The van der Waals surface area contributed by atoms with Crippen molar-refractivity contribution in [1.29, 1.82) is 0 Å². The largest absolute Gasteiger partial charge is 0.478 e. The lowest BCUT2D eigenvalue weighted by Gasteiger charge is -2.19. The number of carboxylic acids is 1. The summed E-state index contributed by atoms with van der Waals surface area (Å²) in [6.45, 7) is 0. The van der Waals surface area contributed by atoms with E-state index in [1.807, 2.05) is 24.3 Å². The molecule has 2 aromatic carbocycles. The van der Waals surface area contributed by atoms with Crippen LogP contribution < -0.4 is 10.2 Å². The third-order valence-corrected chi connectivity index (χ3v) is 5.54. The Balaban J connectivity index is 1.61. The average Bonchev–Trinajstić information content (AvgIpc) is 3.30. The highest BCUT2D eigenvalue weighted by Crippen LogP contribution is 2.33. The first-order valence-electron chi connectivity index (χ1n) is 10.4. The molecule has 0 atom stereocenters. The normalized spacial score (nSPS) is 10.9. The Kier molecular flexibility index (Phi) is 5.71. The molecule has 0 amide bonds. The SMILES string of the molecule is CN(c1nc2ccccc2[nH]1)c1nc(Nc2ccc(F)c(Cl)c2)ncc1-c1cncc(C(=O)O)c1. The maximum absolute atomic E-state index is 13.6. The zero-order valence-corrected chi connectivity index (χ0v) is 19.0. The van der Waals surface area contributed by atoms with Crippen LogP contribution in [0.25, 0.3) is 22.2 Å². The number of H-pyrrole nitrogens is 1. The summed E-state index contributed by atoms with van der Waals surface area (Å²) in [6, 6.07) is 13.3. The van der Waals surface area contributed by atoms with E-state index in [0.29, 0.717) is 28.6 Å². The van der Waals surface area contributed by atoms with Crippen LogP contribution in [0.5, 0.6) is 0 Å². The molecule has 5 aromatic rings. The summed E-state index contributed by atoms with van der Waals surface area (Å²) in [5.74, 6) is -0.469. The molecule has 3 aromatic heterocycles. The van der Waals surface area contributed by atoms with Gasteiger partial charge in [0.05, 0.1) is 21.6 Å². The van der Waals surface area contributed by atoms with Gasteiger partial charge in [0.2, 0.25) is 11.9 Å². The molecular weight excluding hydrogens is 473 g/mol. The van der Waals surface area contributed by atoms with Crippen molar-refractivity contribution >= 4 is 52.0 Å². The highest BCUT2D eigenvalue weighted by Gasteiger charge is 2.19. The lowest BCUT2D eigenvalue weighted by atomic mass is 10.1.